The lowest BCUT2D eigenvalue weighted by Crippen LogP contribution is -2.24. The summed E-state index contributed by atoms with van der Waals surface area (Å²) in [6, 6.07) is 14.8. The number of thioether (sulfide) groups is 1. The van der Waals surface area contributed by atoms with Crippen LogP contribution in [0.15, 0.2) is 58.2 Å². The highest BCUT2D eigenvalue weighted by molar-refractivity contribution is 7.99. The number of nitrogens with zero attached hydrogens (tertiary/aromatic N) is 2. The number of carbonyl (C=O) groups excluding carboxylic acids is 2. The smallest absolute Gasteiger partial charge is 0.277 e. The van der Waals surface area contributed by atoms with Crippen LogP contribution in [0.25, 0.3) is 0 Å². The Balaban J connectivity index is 1.43. The molecule has 0 unspecified atom stereocenters. The maximum Gasteiger partial charge on any atom is 0.277 e. The van der Waals surface area contributed by atoms with E-state index in [-0.39, 0.29) is 40.6 Å². The van der Waals surface area contributed by atoms with Crippen molar-refractivity contribution >= 4 is 35.2 Å². The van der Waals surface area contributed by atoms with Crippen molar-refractivity contribution < 1.29 is 14.0 Å². The van der Waals surface area contributed by atoms with Crippen molar-refractivity contribution in [3.05, 3.63) is 76.1 Å². The molecule has 0 saturated heterocycles. The number of rotatable bonds is 8. The zero-order chi connectivity index (χ0) is 23.1. The van der Waals surface area contributed by atoms with Gasteiger partial charge in [0, 0.05) is 17.1 Å². The fourth-order valence-corrected chi connectivity index (χ4v) is 3.57. The molecule has 7 nitrogen and oxygen atoms in total. The zero-order valence-corrected chi connectivity index (χ0v) is 19.7. The molecule has 168 valence electrons. The molecule has 0 aliphatic rings. The SMILES string of the molecule is CC(C)(C)c1ccc(C(=O)NCc2nnc(SCC(=O)NCc3ccccc3Cl)o2)cc1. The van der Waals surface area contributed by atoms with Gasteiger partial charge in [0.25, 0.3) is 11.1 Å². The van der Waals surface area contributed by atoms with Gasteiger partial charge in [-0.3, -0.25) is 9.59 Å². The van der Waals surface area contributed by atoms with Crippen LogP contribution in [0.1, 0.15) is 48.1 Å². The number of carbonyl (C=O) groups is 2. The van der Waals surface area contributed by atoms with Crippen LogP contribution >= 0.6 is 23.4 Å². The average molecular weight is 473 g/mol. The van der Waals surface area contributed by atoms with Crippen LogP contribution in [0.4, 0.5) is 0 Å². The molecule has 0 aliphatic heterocycles. The lowest BCUT2D eigenvalue weighted by molar-refractivity contribution is -0.118. The minimum Gasteiger partial charge on any atom is -0.414 e. The molecule has 32 heavy (non-hydrogen) atoms. The molecule has 0 saturated carbocycles. The predicted molar refractivity (Wildman–Crippen MR) is 125 cm³/mol. The summed E-state index contributed by atoms with van der Waals surface area (Å²) in [4.78, 5) is 24.4. The van der Waals surface area contributed by atoms with E-state index in [1.807, 2.05) is 30.3 Å². The normalized spacial score (nSPS) is 11.2. The first-order valence-corrected chi connectivity index (χ1v) is 11.4. The van der Waals surface area contributed by atoms with E-state index in [1.54, 1.807) is 18.2 Å². The second-order valence-corrected chi connectivity index (χ2v) is 9.46. The monoisotopic (exact) mass is 472 g/mol. The van der Waals surface area contributed by atoms with Crippen LogP contribution in [0.3, 0.4) is 0 Å². The van der Waals surface area contributed by atoms with Gasteiger partial charge >= 0.3 is 0 Å². The van der Waals surface area contributed by atoms with Crippen molar-refractivity contribution in [3.63, 3.8) is 0 Å². The maximum atomic E-state index is 12.3. The van der Waals surface area contributed by atoms with Crippen LogP contribution in [0.2, 0.25) is 5.02 Å². The van der Waals surface area contributed by atoms with Gasteiger partial charge in [0.05, 0.1) is 12.3 Å². The van der Waals surface area contributed by atoms with Gasteiger partial charge in [0.1, 0.15) is 0 Å². The third-order valence-electron chi connectivity index (χ3n) is 4.62. The summed E-state index contributed by atoms with van der Waals surface area (Å²) in [6.07, 6.45) is 0. The number of benzene rings is 2. The Morgan fingerprint density at radius 3 is 2.41 bits per heavy atom. The van der Waals surface area contributed by atoms with Crippen LogP contribution in [-0.4, -0.2) is 27.8 Å². The molecular formula is C23H25ClN4O3S. The summed E-state index contributed by atoms with van der Waals surface area (Å²) in [5, 5.41) is 14.2. The lowest BCUT2D eigenvalue weighted by Gasteiger charge is -2.18. The minimum atomic E-state index is -0.225. The van der Waals surface area contributed by atoms with Gasteiger partial charge in [-0.15, -0.1) is 10.2 Å². The summed E-state index contributed by atoms with van der Waals surface area (Å²) >= 11 is 7.20. The number of aromatic nitrogens is 2. The molecule has 2 amide bonds. The summed E-state index contributed by atoms with van der Waals surface area (Å²) in [5.74, 6) is -0.0133. The molecule has 3 aromatic rings. The van der Waals surface area contributed by atoms with Crippen molar-refractivity contribution in [2.75, 3.05) is 5.75 Å². The van der Waals surface area contributed by atoms with Crippen LogP contribution in [0, 0.1) is 0 Å². The van der Waals surface area contributed by atoms with Crippen LogP contribution in [-0.2, 0) is 23.3 Å². The van der Waals surface area contributed by atoms with Crippen LogP contribution < -0.4 is 10.6 Å². The van der Waals surface area contributed by atoms with Gasteiger partial charge < -0.3 is 15.1 Å². The molecule has 0 bridgehead atoms. The highest BCUT2D eigenvalue weighted by atomic mass is 35.5. The highest BCUT2D eigenvalue weighted by Gasteiger charge is 2.15. The Labute approximate surface area is 196 Å². The third-order valence-corrected chi connectivity index (χ3v) is 5.81. The molecule has 2 N–H and O–H groups in total. The van der Waals surface area contributed by atoms with Crippen molar-refractivity contribution in [1.82, 2.24) is 20.8 Å². The van der Waals surface area contributed by atoms with Crippen molar-refractivity contribution in [2.45, 2.75) is 44.5 Å². The van der Waals surface area contributed by atoms with Gasteiger partial charge in [-0.2, -0.15) is 0 Å². The molecule has 1 heterocycles. The molecule has 0 spiro atoms. The molecule has 0 aliphatic carbocycles. The largest absolute Gasteiger partial charge is 0.414 e. The Kier molecular flexibility index (Phi) is 7.93. The number of nitrogens with one attached hydrogen (secondary N) is 2. The van der Waals surface area contributed by atoms with Gasteiger partial charge in [-0.25, -0.2) is 0 Å². The van der Waals surface area contributed by atoms with Crippen molar-refractivity contribution in [1.29, 1.82) is 0 Å². The number of hydrogen-bond acceptors (Lipinski definition) is 6. The molecule has 0 radical (unpaired) electrons. The van der Waals surface area contributed by atoms with E-state index in [0.29, 0.717) is 17.1 Å². The van der Waals surface area contributed by atoms with Gasteiger partial charge in [0.15, 0.2) is 0 Å². The van der Waals surface area contributed by atoms with E-state index in [4.69, 9.17) is 16.0 Å². The molecule has 0 atom stereocenters. The summed E-state index contributed by atoms with van der Waals surface area (Å²) in [5.41, 5.74) is 2.58. The van der Waals surface area contributed by atoms with Gasteiger partial charge in [-0.05, 0) is 34.7 Å². The molecule has 1 aromatic heterocycles. The highest BCUT2D eigenvalue weighted by Crippen LogP contribution is 2.22. The lowest BCUT2D eigenvalue weighted by atomic mass is 9.87. The zero-order valence-electron chi connectivity index (χ0n) is 18.1. The quantitative estimate of drug-likeness (QED) is 0.473. The van der Waals surface area contributed by atoms with Crippen molar-refractivity contribution in [2.24, 2.45) is 0 Å². The van der Waals surface area contributed by atoms with Gasteiger partial charge in [-0.1, -0.05) is 74.5 Å². The first-order chi connectivity index (χ1) is 15.2. The van der Waals surface area contributed by atoms with E-state index in [9.17, 15) is 9.59 Å². The van der Waals surface area contributed by atoms with Crippen LogP contribution in [0.5, 0.6) is 0 Å². The standard InChI is InChI=1S/C23H25ClN4O3S/c1-23(2,3)17-10-8-15(9-11-17)21(30)26-13-20-27-28-22(31-20)32-14-19(29)25-12-16-6-4-5-7-18(16)24/h4-11H,12-14H2,1-3H3,(H,25,29)(H,26,30). The maximum absolute atomic E-state index is 12.3. The van der Waals surface area contributed by atoms with E-state index in [1.165, 1.54) is 0 Å². The van der Waals surface area contributed by atoms with E-state index >= 15 is 0 Å². The molecular weight excluding hydrogens is 448 g/mol. The molecule has 3 rings (SSSR count). The fourth-order valence-electron chi connectivity index (χ4n) is 2.76. The predicted octanol–water partition coefficient (Wildman–Crippen LogP) is 4.36. The minimum absolute atomic E-state index is 0.0261. The Bertz CT molecular complexity index is 1080. The molecule has 2 aromatic carbocycles. The Morgan fingerprint density at radius 2 is 1.72 bits per heavy atom. The Hall–Kier alpha value is -2.84. The first-order valence-electron chi connectivity index (χ1n) is 10.1. The number of halogens is 1. The summed E-state index contributed by atoms with van der Waals surface area (Å²) in [7, 11) is 0. The third kappa shape index (κ3) is 6.83. The first kappa shape index (κ1) is 23.8. The Morgan fingerprint density at radius 1 is 1.00 bits per heavy atom. The average Bonchev–Trinajstić information content (AvgIpc) is 3.23. The fraction of sp³-hybridized carbons (Fsp3) is 0.304. The van der Waals surface area contributed by atoms with E-state index in [2.05, 4.69) is 41.6 Å². The second kappa shape index (κ2) is 10.7. The van der Waals surface area contributed by atoms with E-state index < -0.39 is 0 Å². The molecule has 0 fully saturated rings. The summed E-state index contributed by atoms with van der Waals surface area (Å²) < 4.78 is 5.49. The van der Waals surface area contributed by atoms with Crippen molar-refractivity contribution in [3.8, 4) is 0 Å². The number of amides is 2. The second-order valence-electron chi connectivity index (χ2n) is 8.13. The van der Waals surface area contributed by atoms with Gasteiger partial charge in [0.2, 0.25) is 11.8 Å². The number of hydrogen-bond donors (Lipinski definition) is 2. The molecule has 9 heteroatoms. The van der Waals surface area contributed by atoms with E-state index in [0.717, 1.165) is 22.9 Å². The summed E-state index contributed by atoms with van der Waals surface area (Å²) in [6.45, 7) is 6.81. The topological polar surface area (TPSA) is 97.1 Å².